The van der Waals surface area contributed by atoms with Gasteiger partial charge in [0.25, 0.3) is 0 Å². The Morgan fingerprint density at radius 2 is 1.48 bits per heavy atom. The molecule has 0 amide bonds. The van der Waals surface area contributed by atoms with Crippen LogP contribution < -0.4 is 14.8 Å². The van der Waals surface area contributed by atoms with Crippen molar-refractivity contribution in [3.63, 3.8) is 0 Å². The highest BCUT2D eigenvalue weighted by Gasteiger charge is 2.06. The first-order valence-corrected chi connectivity index (χ1v) is 7.90. The van der Waals surface area contributed by atoms with Gasteiger partial charge in [-0.1, -0.05) is 12.1 Å². The third kappa shape index (κ3) is 5.83. The lowest BCUT2D eigenvalue weighted by atomic mass is 10.0. The van der Waals surface area contributed by atoms with E-state index >= 15 is 0 Å². The van der Waals surface area contributed by atoms with Gasteiger partial charge in [-0.15, -0.1) is 0 Å². The summed E-state index contributed by atoms with van der Waals surface area (Å²) in [5.74, 6) is 1.69. The van der Waals surface area contributed by atoms with Gasteiger partial charge in [-0.2, -0.15) is 0 Å². The van der Waals surface area contributed by atoms with Crippen LogP contribution in [0.5, 0.6) is 11.5 Å². The molecule has 4 heteroatoms. The van der Waals surface area contributed by atoms with Gasteiger partial charge in [0.2, 0.25) is 0 Å². The number of anilines is 1. The van der Waals surface area contributed by atoms with Crippen molar-refractivity contribution >= 4 is 5.69 Å². The molecule has 23 heavy (non-hydrogen) atoms. The molecule has 0 spiro atoms. The Labute approximate surface area is 138 Å². The first-order chi connectivity index (χ1) is 11.2. The Balaban J connectivity index is 1.66. The first-order valence-electron chi connectivity index (χ1n) is 7.90. The second-order valence-electron chi connectivity index (χ2n) is 5.50. The van der Waals surface area contributed by atoms with Gasteiger partial charge in [-0.3, -0.25) is 0 Å². The van der Waals surface area contributed by atoms with E-state index in [2.05, 4.69) is 5.32 Å². The fourth-order valence-corrected chi connectivity index (χ4v) is 2.42. The third-order valence-corrected chi connectivity index (χ3v) is 3.76. The van der Waals surface area contributed by atoms with Crippen LogP contribution in [-0.4, -0.2) is 32.0 Å². The molecule has 1 atom stereocenters. The number of nitrogens with one attached hydrogen (secondary N) is 1. The predicted octanol–water partition coefficient (Wildman–Crippen LogP) is 3.50. The van der Waals surface area contributed by atoms with Crippen molar-refractivity contribution < 1.29 is 14.6 Å². The summed E-state index contributed by atoms with van der Waals surface area (Å²) in [4.78, 5) is 0. The van der Waals surface area contributed by atoms with E-state index in [0.717, 1.165) is 42.1 Å². The summed E-state index contributed by atoms with van der Waals surface area (Å²) in [6.45, 7) is 0.839. The highest BCUT2D eigenvalue weighted by atomic mass is 16.5. The van der Waals surface area contributed by atoms with Gasteiger partial charge in [-0.25, -0.2) is 0 Å². The second kappa shape index (κ2) is 9.06. The van der Waals surface area contributed by atoms with Gasteiger partial charge in [0, 0.05) is 12.2 Å². The van der Waals surface area contributed by atoms with Crippen molar-refractivity contribution in [2.45, 2.75) is 25.4 Å². The van der Waals surface area contributed by atoms with Crippen molar-refractivity contribution in [2.24, 2.45) is 0 Å². The van der Waals surface area contributed by atoms with E-state index in [1.165, 1.54) is 0 Å². The highest BCUT2D eigenvalue weighted by Crippen LogP contribution is 2.16. The number of hydrogen-bond acceptors (Lipinski definition) is 4. The zero-order valence-electron chi connectivity index (χ0n) is 13.8. The quantitative estimate of drug-likeness (QED) is 0.695. The smallest absolute Gasteiger partial charge is 0.119 e. The minimum atomic E-state index is -0.318. The summed E-state index contributed by atoms with van der Waals surface area (Å²) in [5.41, 5.74) is 2.19. The summed E-state index contributed by atoms with van der Waals surface area (Å²) in [7, 11) is 3.31. The lowest BCUT2D eigenvalue weighted by Gasteiger charge is -2.12. The average molecular weight is 315 g/mol. The number of ether oxygens (including phenoxy) is 2. The van der Waals surface area contributed by atoms with E-state index in [4.69, 9.17) is 9.47 Å². The van der Waals surface area contributed by atoms with Gasteiger partial charge in [0.15, 0.2) is 0 Å². The SMILES string of the molecule is COc1ccc(CC(O)CCCNc2ccc(OC)cc2)cc1. The molecule has 2 rings (SSSR count). The van der Waals surface area contributed by atoms with Crippen LogP contribution in [-0.2, 0) is 6.42 Å². The monoisotopic (exact) mass is 315 g/mol. The van der Waals surface area contributed by atoms with Crippen LogP contribution >= 0.6 is 0 Å². The number of methoxy groups -OCH3 is 2. The Bertz CT molecular complexity index is 566. The molecule has 2 aromatic carbocycles. The highest BCUT2D eigenvalue weighted by molar-refractivity contribution is 5.46. The number of hydrogen-bond donors (Lipinski definition) is 2. The molecule has 0 aliphatic rings. The Kier molecular flexibility index (Phi) is 6.76. The summed E-state index contributed by atoms with van der Waals surface area (Å²) in [6, 6.07) is 15.7. The zero-order chi connectivity index (χ0) is 16.5. The van der Waals surface area contributed by atoms with Crippen molar-refractivity contribution in [1.29, 1.82) is 0 Å². The van der Waals surface area contributed by atoms with Gasteiger partial charge in [0.1, 0.15) is 11.5 Å². The van der Waals surface area contributed by atoms with Crippen LogP contribution in [0.3, 0.4) is 0 Å². The molecule has 2 aromatic rings. The van der Waals surface area contributed by atoms with Crippen LogP contribution in [0.4, 0.5) is 5.69 Å². The lowest BCUT2D eigenvalue weighted by molar-refractivity contribution is 0.163. The molecule has 0 aliphatic carbocycles. The summed E-state index contributed by atoms with van der Waals surface area (Å²) in [6.07, 6.45) is 2.05. The Morgan fingerprint density at radius 1 is 0.913 bits per heavy atom. The number of benzene rings is 2. The molecule has 0 bridgehead atoms. The molecule has 4 nitrogen and oxygen atoms in total. The Morgan fingerprint density at radius 3 is 2.04 bits per heavy atom. The second-order valence-corrected chi connectivity index (χ2v) is 5.50. The topological polar surface area (TPSA) is 50.7 Å². The van der Waals surface area contributed by atoms with E-state index in [-0.39, 0.29) is 6.10 Å². The fourth-order valence-electron chi connectivity index (χ4n) is 2.42. The average Bonchev–Trinajstić information content (AvgIpc) is 2.60. The molecule has 2 N–H and O–H groups in total. The molecule has 0 saturated heterocycles. The molecule has 0 fully saturated rings. The maximum Gasteiger partial charge on any atom is 0.119 e. The largest absolute Gasteiger partial charge is 0.497 e. The molecule has 1 unspecified atom stereocenters. The molecular weight excluding hydrogens is 290 g/mol. The van der Waals surface area contributed by atoms with E-state index in [1.807, 2.05) is 48.5 Å². The van der Waals surface area contributed by atoms with E-state index < -0.39 is 0 Å². The van der Waals surface area contributed by atoms with Crippen molar-refractivity contribution in [3.8, 4) is 11.5 Å². The fraction of sp³-hybridized carbons (Fsp3) is 0.368. The van der Waals surface area contributed by atoms with Crippen LogP contribution in [0, 0.1) is 0 Å². The van der Waals surface area contributed by atoms with Crippen molar-refractivity contribution in [1.82, 2.24) is 0 Å². The van der Waals surface area contributed by atoms with E-state index in [9.17, 15) is 5.11 Å². The standard InChI is InChI=1S/C19H25NO3/c1-22-18-9-5-15(6-10-18)14-17(21)4-3-13-20-16-7-11-19(23-2)12-8-16/h5-12,17,20-21H,3-4,13-14H2,1-2H3. The minimum absolute atomic E-state index is 0.318. The maximum absolute atomic E-state index is 10.1. The van der Waals surface area contributed by atoms with Crippen LogP contribution in [0.1, 0.15) is 18.4 Å². The van der Waals surface area contributed by atoms with Gasteiger partial charge in [0.05, 0.1) is 20.3 Å². The third-order valence-electron chi connectivity index (χ3n) is 3.76. The zero-order valence-corrected chi connectivity index (χ0v) is 13.8. The molecule has 0 aromatic heterocycles. The molecular formula is C19H25NO3. The van der Waals surface area contributed by atoms with E-state index in [1.54, 1.807) is 14.2 Å². The van der Waals surface area contributed by atoms with E-state index in [0.29, 0.717) is 6.42 Å². The predicted molar refractivity (Wildman–Crippen MR) is 93.4 cm³/mol. The van der Waals surface area contributed by atoms with Crippen molar-refractivity contribution in [2.75, 3.05) is 26.1 Å². The van der Waals surface area contributed by atoms with Crippen molar-refractivity contribution in [3.05, 3.63) is 54.1 Å². The normalized spacial score (nSPS) is 11.8. The minimum Gasteiger partial charge on any atom is -0.497 e. The van der Waals surface area contributed by atoms with Crippen LogP contribution in [0.2, 0.25) is 0 Å². The summed E-state index contributed by atoms with van der Waals surface area (Å²) < 4.78 is 10.3. The first kappa shape index (κ1) is 17.2. The number of rotatable bonds is 9. The molecule has 0 saturated carbocycles. The molecule has 124 valence electrons. The number of aliphatic hydroxyl groups excluding tert-OH is 1. The lowest BCUT2D eigenvalue weighted by Crippen LogP contribution is -2.13. The number of aliphatic hydroxyl groups is 1. The van der Waals surface area contributed by atoms with Gasteiger partial charge in [-0.05, 0) is 61.2 Å². The van der Waals surface area contributed by atoms with Gasteiger partial charge >= 0.3 is 0 Å². The van der Waals surface area contributed by atoms with Gasteiger partial charge < -0.3 is 19.9 Å². The van der Waals surface area contributed by atoms with Crippen LogP contribution in [0.25, 0.3) is 0 Å². The Hall–Kier alpha value is -2.20. The van der Waals surface area contributed by atoms with Crippen LogP contribution in [0.15, 0.2) is 48.5 Å². The summed E-state index contributed by atoms with van der Waals surface area (Å²) in [5, 5.41) is 13.5. The molecule has 0 heterocycles. The maximum atomic E-state index is 10.1. The molecule has 0 aliphatic heterocycles. The molecule has 0 radical (unpaired) electrons. The summed E-state index contributed by atoms with van der Waals surface area (Å²) >= 11 is 0.